The summed E-state index contributed by atoms with van der Waals surface area (Å²) in [7, 11) is 0. The van der Waals surface area contributed by atoms with E-state index in [1.54, 1.807) is 29.2 Å². The van der Waals surface area contributed by atoms with Crippen molar-refractivity contribution in [2.24, 2.45) is 0 Å². The Morgan fingerprint density at radius 2 is 1.93 bits per heavy atom. The SMILES string of the molecule is CC(C)(COc1ccc([N+](=O)[O-])cc1)N1CC(COc2cccc(Cl)c2)OC1=O. The van der Waals surface area contributed by atoms with Gasteiger partial charge in [-0.2, -0.15) is 0 Å². The van der Waals surface area contributed by atoms with E-state index in [0.717, 1.165) is 0 Å². The molecule has 9 heteroatoms. The minimum absolute atomic E-state index is 0.0118. The molecule has 2 aromatic rings. The van der Waals surface area contributed by atoms with Crippen molar-refractivity contribution in [1.29, 1.82) is 0 Å². The molecule has 0 saturated carbocycles. The summed E-state index contributed by atoms with van der Waals surface area (Å²) in [6.45, 7) is 4.49. The summed E-state index contributed by atoms with van der Waals surface area (Å²) in [6.07, 6.45) is -0.859. The third kappa shape index (κ3) is 5.29. The second-order valence-corrected chi connectivity index (χ2v) is 7.67. The van der Waals surface area contributed by atoms with Crippen LogP contribution in [0, 0.1) is 10.1 Å². The summed E-state index contributed by atoms with van der Waals surface area (Å²) in [5, 5.41) is 11.3. The normalized spacial score (nSPS) is 16.4. The molecule has 0 spiro atoms. The van der Waals surface area contributed by atoms with Crippen molar-refractivity contribution >= 4 is 23.4 Å². The predicted molar refractivity (Wildman–Crippen MR) is 107 cm³/mol. The molecule has 1 heterocycles. The highest BCUT2D eigenvalue weighted by molar-refractivity contribution is 6.30. The summed E-state index contributed by atoms with van der Waals surface area (Å²) in [4.78, 5) is 24.2. The van der Waals surface area contributed by atoms with Gasteiger partial charge >= 0.3 is 6.09 Å². The molecule has 29 heavy (non-hydrogen) atoms. The Balaban J connectivity index is 1.54. The van der Waals surface area contributed by atoms with E-state index in [0.29, 0.717) is 23.1 Å². The first kappa shape index (κ1) is 20.7. The fourth-order valence-corrected chi connectivity index (χ4v) is 3.03. The summed E-state index contributed by atoms with van der Waals surface area (Å²) < 4.78 is 16.8. The lowest BCUT2D eigenvalue weighted by Gasteiger charge is -2.33. The maximum absolute atomic E-state index is 12.3. The largest absolute Gasteiger partial charge is 0.491 e. The molecule has 1 fully saturated rings. The number of rotatable bonds is 8. The molecule has 8 nitrogen and oxygen atoms in total. The highest BCUT2D eigenvalue weighted by atomic mass is 35.5. The number of hydrogen-bond acceptors (Lipinski definition) is 6. The van der Waals surface area contributed by atoms with Crippen LogP contribution in [0.5, 0.6) is 11.5 Å². The summed E-state index contributed by atoms with van der Waals surface area (Å²) in [5.41, 5.74) is -0.661. The minimum Gasteiger partial charge on any atom is -0.491 e. The lowest BCUT2D eigenvalue weighted by atomic mass is 10.0. The monoisotopic (exact) mass is 420 g/mol. The second-order valence-electron chi connectivity index (χ2n) is 7.24. The van der Waals surface area contributed by atoms with Crippen LogP contribution in [-0.4, -0.2) is 47.3 Å². The molecule has 1 aliphatic rings. The van der Waals surface area contributed by atoms with E-state index < -0.39 is 22.7 Å². The number of nitro benzene ring substituents is 1. The van der Waals surface area contributed by atoms with Gasteiger partial charge in [-0.25, -0.2) is 4.79 Å². The molecule has 2 aromatic carbocycles. The smallest absolute Gasteiger partial charge is 0.410 e. The first-order valence-electron chi connectivity index (χ1n) is 8.98. The third-order valence-electron chi connectivity index (χ3n) is 4.48. The van der Waals surface area contributed by atoms with E-state index in [-0.39, 0.29) is 18.9 Å². The molecule has 1 atom stereocenters. The predicted octanol–water partition coefficient (Wildman–Crippen LogP) is 4.31. The quantitative estimate of drug-likeness (QED) is 0.467. The first-order valence-corrected chi connectivity index (χ1v) is 9.36. The molecule has 1 aliphatic heterocycles. The molecule has 1 amide bonds. The molecule has 3 rings (SSSR count). The van der Waals surface area contributed by atoms with Crippen LogP contribution < -0.4 is 9.47 Å². The van der Waals surface area contributed by atoms with Gasteiger partial charge in [-0.1, -0.05) is 17.7 Å². The Labute approximate surface area is 173 Å². The fourth-order valence-electron chi connectivity index (χ4n) is 2.85. The van der Waals surface area contributed by atoms with Gasteiger partial charge in [0.05, 0.1) is 17.0 Å². The van der Waals surface area contributed by atoms with Crippen molar-refractivity contribution < 1.29 is 23.9 Å². The maximum atomic E-state index is 12.3. The molecule has 154 valence electrons. The molecule has 1 saturated heterocycles. The van der Waals surface area contributed by atoms with Crippen molar-refractivity contribution in [2.45, 2.75) is 25.5 Å². The van der Waals surface area contributed by atoms with Crippen molar-refractivity contribution in [3.63, 3.8) is 0 Å². The van der Waals surface area contributed by atoms with Crippen LogP contribution in [0.1, 0.15) is 13.8 Å². The van der Waals surface area contributed by atoms with Gasteiger partial charge in [-0.3, -0.25) is 15.0 Å². The average molecular weight is 421 g/mol. The van der Waals surface area contributed by atoms with Gasteiger partial charge in [0.25, 0.3) is 5.69 Å². The minimum atomic E-state index is -0.649. The van der Waals surface area contributed by atoms with Crippen molar-refractivity contribution in [2.75, 3.05) is 19.8 Å². The van der Waals surface area contributed by atoms with E-state index in [4.69, 9.17) is 25.8 Å². The molecule has 0 N–H and O–H groups in total. The van der Waals surface area contributed by atoms with E-state index in [1.807, 2.05) is 13.8 Å². The number of halogens is 1. The first-order chi connectivity index (χ1) is 13.7. The zero-order chi connectivity index (χ0) is 21.0. The molecule has 0 bridgehead atoms. The van der Waals surface area contributed by atoms with Gasteiger partial charge in [-0.05, 0) is 44.2 Å². The number of amides is 1. The van der Waals surface area contributed by atoms with E-state index >= 15 is 0 Å². The van der Waals surface area contributed by atoms with Crippen LogP contribution in [0.2, 0.25) is 5.02 Å². The highest BCUT2D eigenvalue weighted by Crippen LogP contribution is 2.26. The van der Waals surface area contributed by atoms with Crippen LogP contribution in [0.3, 0.4) is 0 Å². The highest BCUT2D eigenvalue weighted by Gasteiger charge is 2.41. The van der Waals surface area contributed by atoms with Gasteiger partial charge in [-0.15, -0.1) is 0 Å². The zero-order valence-corrected chi connectivity index (χ0v) is 16.8. The summed E-state index contributed by atoms with van der Waals surface area (Å²) in [5.74, 6) is 1.09. The van der Waals surface area contributed by atoms with Crippen LogP contribution >= 0.6 is 11.6 Å². The van der Waals surface area contributed by atoms with Crippen molar-refractivity contribution in [3.8, 4) is 11.5 Å². The van der Waals surface area contributed by atoms with Crippen molar-refractivity contribution in [3.05, 3.63) is 63.7 Å². The van der Waals surface area contributed by atoms with Gasteiger partial charge < -0.3 is 14.2 Å². The van der Waals surface area contributed by atoms with Crippen molar-refractivity contribution in [1.82, 2.24) is 4.90 Å². The third-order valence-corrected chi connectivity index (χ3v) is 4.71. The Bertz CT molecular complexity index is 887. The number of non-ortho nitro benzene ring substituents is 1. The Morgan fingerprint density at radius 1 is 1.21 bits per heavy atom. The number of cyclic esters (lactones) is 1. The summed E-state index contributed by atoms with van der Waals surface area (Å²) >= 11 is 5.94. The Kier molecular flexibility index (Phi) is 6.12. The second kappa shape index (κ2) is 8.57. The standard InChI is InChI=1S/C20H21ClN2O6/c1-20(2,13-28-16-8-6-15(7-9-16)23(25)26)22-11-18(29-19(22)24)12-27-17-5-3-4-14(21)10-17/h3-10,18H,11-13H2,1-2H3. The number of hydrogen-bond donors (Lipinski definition) is 0. The Morgan fingerprint density at radius 3 is 2.59 bits per heavy atom. The number of carbonyl (C=O) groups excluding carboxylic acids is 1. The topological polar surface area (TPSA) is 91.1 Å². The molecular formula is C20H21ClN2O6. The summed E-state index contributed by atoms with van der Waals surface area (Å²) in [6, 6.07) is 12.8. The lowest BCUT2D eigenvalue weighted by molar-refractivity contribution is -0.384. The fraction of sp³-hybridized carbons (Fsp3) is 0.350. The number of carbonyl (C=O) groups is 1. The molecule has 0 radical (unpaired) electrons. The number of nitro groups is 1. The number of ether oxygens (including phenoxy) is 3. The van der Waals surface area contributed by atoms with Crippen LogP contribution in [0.15, 0.2) is 48.5 Å². The van der Waals surface area contributed by atoms with E-state index in [2.05, 4.69) is 0 Å². The van der Waals surface area contributed by atoms with E-state index in [9.17, 15) is 14.9 Å². The van der Waals surface area contributed by atoms with E-state index in [1.165, 1.54) is 24.3 Å². The Hall–Kier alpha value is -3.00. The van der Waals surface area contributed by atoms with Gasteiger partial charge in [0, 0.05) is 17.2 Å². The average Bonchev–Trinajstić information content (AvgIpc) is 3.07. The lowest BCUT2D eigenvalue weighted by Crippen LogP contribution is -2.49. The zero-order valence-electron chi connectivity index (χ0n) is 16.0. The van der Waals surface area contributed by atoms with Gasteiger partial charge in [0.15, 0.2) is 6.10 Å². The number of benzene rings is 2. The van der Waals surface area contributed by atoms with Crippen LogP contribution in [0.25, 0.3) is 0 Å². The van der Waals surface area contributed by atoms with Gasteiger partial charge in [0.1, 0.15) is 24.7 Å². The number of nitrogens with zero attached hydrogens (tertiary/aromatic N) is 2. The molecule has 1 unspecified atom stereocenters. The van der Waals surface area contributed by atoms with Gasteiger partial charge in [0.2, 0.25) is 0 Å². The maximum Gasteiger partial charge on any atom is 0.410 e. The molecular weight excluding hydrogens is 400 g/mol. The molecule has 0 aromatic heterocycles. The van der Waals surface area contributed by atoms with Crippen LogP contribution in [-0.2, 0) is 4.74 Å². The van der Waals surface area contributed by atoms with Crippen LogP contribution in [0.4, 0.5) is 10.5 Å². The molecule has 0 aliphatic carbocycles.